The molecule has 1 unspecified atom stereocenters. The maximum atomic E-state index is 12.6. The highest BCUT2D eigenvalue weighted by Crippen LogP contribution is 2.23. The minimum atomic E-state index is -0.659. The second-order valence-electron chi connectivity index (χ2n) is 11.7. The van der Waals surface area contributed by atoms with Crippen LogP contribution in [-0.4, -0.2) is 24.8 Å². The summed E-state index contributed by atoms with van der Waals surface area (Å²) in [6.07, 6.45) is 15.3. The topological polar surface area (TPSA) is 80.3 Å². The third kappa shape index (κ3) is 15.3. The number of carbonyl (C=O) groups excluding carboxylic acids is 2. The van der Waals surface area contributed by atoms with Crippen molar-refractivity contribution in [2.24, 2.45) is 0 Å². The first-order valence-corrected chi connectivity index (χ1v) is 17.3. The maximum Gasteiger partial charge on any atom is 0.343 e. The predicted molar refractivity (Wildman–Crippen MR) is 186 cm³/mol. The molecule has 0 aliphatic heterocycles. The van der Waals surface area contributed by atoms with Gasteiger partial charge in [-0.2, -0.15) is 0 Å². The summed E-state index contributed by atoms with van der Waals surface area (Å²) in [6, 6.07) is 21.5. The summed E-state index contributed by atoms with van der Waals surface area (Å²) < 4.78 is 28.6. The minimum absolute atomic E-state index is 0.347. The van der Waals surface area contributed by atoms with Crippen molar-refractivity contribution in [3.8, 4) is 23.0 Å². The standard InChI is InChI=1S/C40H52O7/c1-4-7-9-11-12-13-14-15-17-39(47-38(41)6-3)45-36-22-18-32(19-23-36)31-44-35-26-28-37(29-27-35)46-40(42)33-20-24-34(25-21-33)43-30-16-10-8-5-2/h6,18-29,39H,3-5,7-17,30-31H2,1-2H3. The van der Waals surface area contributed by atoms with Crippen molar-refractivity contribution in [1.82, 2.24) is 0 Å². The Labute approximate surface area is 281 Å². The van der Waals surface area contributed by atoms with E-state index in [1.807, 2.05) is 24.3 Å². The van der Waals surface area contributed by atoms with E-state index in [1.165, 1.54) is 51.4 Å². The Morgan fingerprint density at radius 3 is 1.81 bits per heavy atom. The highest BCUT2D eigenvalue weighted by molar-refractivity contribution is 5.91. The van der Waals surface area contributed by atoms with Crippen LogP contribution in [0.25, 0.3) is 0 Å². The average Bonchev–Trinajstić information content (AvgIpc) is 3.09. The van der Waals surface area contributed by atoms with Gasteiger partial charge in [0.1, 0.15) is 29.6 Å². The third-order valence-electron chi connectivity index (χ3n) is 7.69. The van der Waals surface area contributed by atoms with Crippen molar-refractivity contribution in [3.05, 3.63) is 96.6 Å². The van der Waals surface area contributed by atoms with Crippen LogP contribution in [0.4, 0.5) is 0 Å². The van der Waals surface area contributed by atoms with E-state index >= 15 is 0 Å². The second-order valence-corrected chi connectivity index (χ2v) is 11.7. The molecular formula is C40H52O7. The number of rotatable bonds is 24. The molecule has 47 heavy (non-hydrogen) atoms. The van der Waals surface area contributed by atoms with Gasteiger partial charge < -0.3 is 23.7 Å². The first-order valence-electron chi connectivity index (χ1n) is 17.3. The lowest BCUT2D eigenvalue weighted by Crippen LogP contribution is -2.23. The monoisotopic (exact) mass is 644 g/mol. The van der Waals surface area contributed by atoms with Crippen LogP contribution in [0.1, 0.15) is 113 Å². The molecule has 0 fully saturated rings. The molecule has 0 saturated heterocycles. The van der Waals surface area contributed by atoms with Gasteiger partial charge in [-0.25, -0.2) is 9.59 Å². The Morgan fingerprint density at radius 2 is 1.17 bits per heavy atom. The van der Waals surface area contributed by atoms with Crippen molar-refractivity contribution in [2.75, 3.05) is 6.61 Å². The molecule has 0 N–H and O–H groups in total. The summed E-state index contributed by atoms with van der Waals surface area (Å²) >= 11 is 0. The number of unbranched alkanes of at least 4 members (excludes halogenated alkanes) is 10. The van der Waals surface area contributed by atoms with Gasteiger partial charge in [-0.15, -0.1) is 0 Å². The molecule has 0 amide bonds. The van der Waals surface area contributed by atoms with Crippen LogP contribution in [0.5, 0.6) is 23.0 Å². The van der Waals surface area contributed by atoms with Crippen LogP contribution in [0.3, 0.4) is 0 Å². The van der Waals surface area contributed by atoms with Crippen molar-refractivity contribution >= 4 is 11.9 Å². The van der Waals surface area contributed by atoms with E-state index in [1.54, 1.807) is 48.5 Å². The number of benzene rings is 3. The molecule has 254 valence electrons. The van der Waals surface area contributed by atoms with Gasteiger partial charge >= 0.3 is 11.9 Å². The molecule has 1 atom stereocenters. The Balaban J connectivity index is 1.40. The molecule has 3 rings (SSSR count). The van der Waals surface area contributed by atoms with Crippen molar-refractivity contribution in [2.45, 2.75) is 110 Å². The molecule has 0 spiro atoms. The fourth-order valence-electron chi connectivity index (χ4n) is 4.92. The summed E-state index contributed by atoms with van der Waals surface area (Å²) in [4.78, 5) is 24.5. The fraction of sp³-hybridized carbons (Fsp3) is 0.450. The lowest BCUT2D eigenvalue weighted by molar-refractivity contribution is -0.158. The first-order chi connectivity index (χ1) is 23.0. The molecule has 0 aliphatic carbocycles. The normalized spacial score (nSPS) is 11.4. The Bertz CT molecular complexity index is 1300. The summed E-state index contributed by atoms with van der Waals surface area (Å²) in [5.74, 6) is 1.51. The highest BCUT2D eigenvalue weighted by atomic mass is 16.7. The van der Waals surface area contributed by atoms with Gasteiger partial charge in [-0.05, 0) is 79.1 Å². The highest BCUT2D eigenvalue weighted by Gasteiger charge is 2.15. The lowest BCUT2D eigenvalue weighted by atomic mass is 10.1. The van der Waals surface area contributed by atoms with Crippen LogP contribution < -0.4 is 18.9 Å². The van der Waals surface area contributed by atoms with Crippen LogP contribution in [0.15, 0.2) is 85.5 Å². The van der Waals surface area contributed by atoms with E-state index < -0.39 is 18.2 Å². The van der Waals surface area contributed by atoms with E-state index in [9.17, 15) is 9.59 Å². The van der Waals surface area contributed by atoms with Gasteiger partial charge in [0.25, 0.3) is 0 Å². The van der Waals surface area contributed by atoms with Crippen LogP contribution in [0.2, 0.25) is 0 Å². The summed E-state index contributed by atoms with van der Waals surface area (Å²) in [6.45, 7) is 8.93. The van der Waals surface area contributed by atoms with E-state index in [4.69, 9.17) is 23.7 Å². The predicted octanol–water partition coefficient (Wildman–Crippen LogP) is 10.4. The number of hydrogen-bond acceptors (Lipinski definition) is 7. The van der Waals surface area contributed by atoms with Crippen LogP contribution in [0, 0.1) is 0 Å². The number of ether oxygens (including phenoxy) is 5. The lowest BCUT2D eigenvalue weighted by Gasteiger charge is -2.19. The first kappa shape index (κ1) is 37.2. The van der Waals surface area contributed by atoms with E-state index in [-0.39, 0.29) is 0 Å². The maximum absolute atomic E-state index is 12.6. The SMILES string of the molecule is C=CC(=O)OC(CCCCCCCCCC)Oc1ccc(COc2ccc(OC(=O)c3ccc(OCCCCCC)cc3)cc2)cc1. The average molecular weight is 645 g/mol. The molecule has 0 radical (unpaired) electrons. The summed E-state index contributed by atoms with van der Waals surface area (Å²) in [7, 11) is 0. The molecular weight excluding hydrogens is 592 g/mol. The largest absolute Gasteiger partial charge is 0.494 e. The zero-order valence-electron chi connectivity index (χ0n) is 28.3. The molecule has 0 bridgehead atoms. The van der Waals surface area contributed by atoms with E-state index in [2.05, 4.69) is 20.4 Å². The van der Waals surface area contributed by atoms with Gasteiger partial charge in [-0.3, -0.25) is 0 Å². The van der Waals surface area contributed by atoms with Gasteiger partial charge in [0.2, 0.25) is 6.29 Å². The molecule has 0 saturated carbocycles. The summed E-state index contributed by atoms with van der Waals surface area (Å²) in [5.41, 5.74) is 1.40. The third-order valence-corrected chi connectivity index (χ3v) is 7.69. The molecule has 3 aromatic rings. The van der Waals surface area contributed by atoms with E-state index in [0.29, 0.717) is 42.4 Å². The molecule has 7 heteroatoms. The number of carbonyl (C=O) groups is 2. The van der Waals surface area contributed by atoms with Gasteiger partial charge in [0.05, 0.1) is 12.2 Å². The molecule has 0 heterocycles. The van der Waals surface area contributed by atoms with E-state index in [0.717, 1.165) is 43.1 Å². The fourth-order valence-corrected chi connectivity index (χ4v) is 4.92. The zero-order valence-corrected chi connectivity index (χ0v) is 28.3. The molecule has 0 aromatic heterocycles. The Kier molecular flexibility index (Phi) is 17.6. The zero-order chi connectivity index (χ0) is 33.5. The van der Waals surface area contributed by atoms with Gasteiger partial charge in [0.15, 0.2) is 0 Å². The quantitative estimate of drug-likeness (QED) is 0.0316. The molecule has 0 aliphatic rings. The summed E-state index contributed by atoms with van der Waals surface area (Å²) in [5, 5.41) is 0. The van der Waals surface area contributed by atoms with Gasteiger partial charge in [-0.1, -0.05) is 96.8 Å². The van der Waals surface area contributed by atoms with Crippen molar-refractivity contribution < 1.29 is 33.3 Å². The Hall–Kier alpha value is -4.26. The van der Waals surface area contributed by atoms with Crippen LogP contribution >= 0.6 is 0 Å². The Morgan fingerprint density at radius 1 is 0.638 bits per heavy atom. The molecule has 7 nitrogen and oxygen atoms in total. The van der Waals surface area contributed by atoms with Crippen molar-refractivity contribution in [1.29, 1.82) is 0 Å². The van der Waals surface area contributed by atoms with Crippen LogP contribution in [-0.2, 0) is 16.1 Å². The smallest absolute Gasteiger partial charge is 0.343 e. The van der Waals surface area contributed by atoms with Gasteiger partial charge in [0, 0.05) is 12.5 Å². The minimum Gasteiger partial charge on any atom is -0.494 e. The number of esters is 2. The van der Waals surface area contributed by atoms with Crippen molar-refractivity contribution in [3.63, 3.8) is 0 Å². The second kappa shape index (κ2) is 22.3. The number of hydrogen-bond donors (Lipinski definition) is 0. The molecule has 3 aromatic carbocycles.